The number of thiophene rings is 1. The van der Waals surface area contributed by atoms with E-state index in [1.807, 2.05) is 5.38 Å². The topological polar surface area (TPSA) is 29.3 Å². The molecular weight excluding hydrogens is 216 g/mol. The smallest absolute Gasteiger partial charge is 0.0973 e. The summed E-state index contributed by atoms with van der Waals surface area (Å²) >= 11 is 7.66. The van der Waals surface area contributed by atoms with Crippen molar-refractivity contribution in [3.05, 3.63) is 21.3 Å². The Bertz CT molecular complexity index is 300. The van der Waals surface area contributed by atoms with Gasteiger partial charge in [0.25, 0.3) is 0 Å². The third-order valence-corrected chi connectivity index (χ3v) is 3.88. The molecule has 1 fully saturated rings. The molecule has 1 aliphatic rings. The number of likely N-dealkylation sites (tertiary alicyclic amines) is 1. The Morgan fingerprint density at radius 1 is 1.64 bits per heavy atom. The fourth-order valence-corrected chi connectivity index (χ4v) is 2.82. The van der Waals surface area contributed by atoms with Crippen molar-refractivity contribution < 1.29 is 0 Å². The van der Waals surface area contributed by atoms with Crippen LogP contribution in [0.15, 0.2) is 11.4 Å². The van der Waals surface area contributed by atoms with Crippen LogP contribution in [0.1, 0.15) is 18.4 Å². The molecule has 1 saturated heterocycles. The van der Waals surface area contributed by atoms with E-state index in [9.17, 15) is 0 Å². The van der Waals surface area contributed by atoms with Gasteiger partial charge in [0.2, 0.25) is 0 Å². The standard InChI is InChI=1S/C10H15ClN2S/c11-10-8(3-5-14-10)6-13-4-1-2-9(12)7-13/h3,5,9H,1-2,4,6-7,12H2/t9-/m1/s1. The first kappa shape index (κ1) is 10.4. The molecule has 14 heavy (non-hydrogen) atoms. The van der Waals surface area contributed by atoms with Gasteiger partial charge in [-0.3, -0.25) is 4.90 Å². The van der Waals surface area contributed by atoms with Gasteiger partial charge in [0.1, 0.15) is 0 Å². The first-order chi connectivity index (χ1) is 6.75. The Kier molecular flexibility index (Phi) is 3.44. The molecule has 2 N–H and O–H groups in total. The molecule has 0 amide bonds. The van der Waals surface area contributed by atoms with Gasteiger partial charge in [-0.1, -0.05) is 11.6 Å². The Morgan fingerprint density at radius 3 is 3.14 bits per heavy atom. The summed E-state index contributed by atoms with van der Waals surface area (Å²) in [7, 11) is 0. The third-order valence-electron chi connectivity index (χ3n) is 2.63. The van der Waals surface area contributed by atoms with Crippen LogP contribution in [0.5, 0.6) is 0 Å². The molecule has 2 nitrogen and oxygen atoms in total. The molecule has 0 unspecified atom stereocenters. The lowest BCUT2D eigenvalue weighted by Crippen LogP contribution is -2.42. The summed E-state index contributed by atoms with van der Waals surface area (Å²) in [5.74, 6) is 0. The monoisotopic (exact) mass is 230 g/mol. The summed E-state index contributed by atoms with van der Waals surface area (Å²) in [5, 5.41) is 2.04. The molecule has 1 atom stereocenters. The van der Waals surface area contributed by atoms with Gasteiger partial charge in [0, 0.05) is 19.1 Å². The van der Waals surface area contributed by atoms with Crippen LogP contribution in [-0.2, 0) is 6.54 Å². The van der Waals surface area contributed by atoms with Crippen molar-refractivity contribution in [2.24, 2.45) is 5.73 Å². The Balaban J connectivity index is 1.94. The van der Waals surface area contributed by atoms with E-state index in [0.29, 0.717) is 6.04 Å². The number of hydrogen-bond acceptors (Lipinski definition) is 3. The van der Waals surface area contributed by atoms with Gasteiger partial charge in [-0.05, 0) is 36.4 Å². The second kappa shape index (κ2) is 4.62. The molecule has 0 aliphatic carbocycles. The van der Waals surface area contributed by atoms with Crippen LogP contribution in [0.3, 0.4) is 0 Å². The first-order valence-electron chi connectivity index (χ1n) is 4.95. The number of nitrogens with two attached hydrogens (primary N) is 1. The minimum absolute atomic E-state index is 0.348. The van der Waals surface area contributed by atoms with Crippen molar-refractivity contribution in [2.75, 3.05) is 13.1 Å². The van der Waals surface area contributed by atoms with Gasteiger partial charge in [-0.25, -0.2) is 0 Å². The van der Waals surface area contributed by atoms with Crippen LogP contribution < -0.4 is 5.73 Å². The summed E-state index contributed by atoms with van der Waals surface area (Å²) in [4.78, 5) is 2.39. The number of halogens is 1. The Hall–Kier alpha value is -0.0900. The predicted octanol–water partition coefficient (Wildman–Crippen LogP) is 2.32. The van der Waals surface area contributed by atoms with Crippen LogP contribution in [0, 0.1) is 0 Å². The van der Waals surface area contributed by atoms with Crippen LogP contribution in [-0.4, -0.2) is 24.0 Å². The predicted molar refractivity (Wildman–Crippen MR) is 61.8 cm³/mol. The maximum atomic E-state index is 6.06. The zero-order valence-corrected chi connectivity index (χ0v) is 9.65. The number of rotatable bonds is 2. The van der Waals surface area contributed by atoms with Crippen LogP contribution in [0.25, 0.3) is 0 Å². The van der Waals surface area contributed by atoms with Crippen molar-refractivity contribution in [3.8, 4) is 0 Å². The summed E-state index contributed by atoms with van der Waals surface area (Å²) in [6.45, 7) is 3.11. The number of piperidine rings is 1. The molecule has 4 heteroatoms. The van der Waals surface area contributed by atoms with E-state index in [-0.39, 0.29) is 0 Å². The van der Waals surface area contributed by atoms with Crippen molar-refractivity contribution in [1.29, 1.82) is 0 Å². The summed E-state index contributed by atoms with van der Waals surface area (Å²) in [6.07, 6.45) is 2.37. The quantitative estimate of drug-likeness (QED) is 0.845. The highest BCUT2D eigenvalue weighted by Crippen LogP contribution is 2.24. The van der Waals surface area contributed by atoms with Crippen LogP contribution in [0.2, 0.25) is 4.34 Å². The fourth-order valence-electron chi connectivity index (χ4n) is 1.91. The van der Waals surface area contributed by atoms with Crippen molar-refractivity contribution in [2.45, 2.75) is 25.4 Å². The van der Waals surface area contributed by atoms with E-state index >= 15 is 0 Å². The SMILES string of the molecule is N[C@@H]1CCCN(Cc2ccsc2Cl)C1. The lowest BCUT2D eigenvalue weighted by Gasteiger charge is -2.30. The fraction of sp³-hybridized carbons (Fsp3) is 0.600. The van der Waals surface area contributed by atoms with Gasteiger partial charge in [-0.2, -0.15) is 0 Å². The Labute approximate surface area is 93.7 Å². The molecule has 0 spiro atoms. The largest absolute Gasteiger partial charge is 0.327 e. The molecule has 0 saturated carbocycles. The number of nitrogens with zero attached hydrogens (tertiary/aromatic N) is 1. The van der Waals surface area contributed by atoms with Crippen LogP contribution >= 0.6 is 22.9 Å². The van der Waals surface area contributed by atoms with E-state index in [4.69, 9.17) is 17.3 Å². The number of hydrogen-bond donors (Lipinski definition) is 1. The van der Waals surface area contributed by atoms with E-state index in [1.165, 1.54) is 12.0 Å². The normalized spacial score (nSPS) is 24.0. The molecule has 1 aliphatic heterocycles. The van der Waals surface area contributed by atoms with Gasteiger partial charge in [0.05, 0.1) is 4.34 Å². The molecule has 1 aromatic rings. The maximum Gasteiger partial charge on any atom is 0.0973 e. The highest BCUT2D eigenvalue weighted by atomic mass is 35.5. The van der Waals surface area contributed by atoms with E-state index in [2.05, 4.69) is 11.0 Å². The van der Waals surface area contributed by atoms with Gasteiger partial charge in [-0.15, -0.1) is 11.3 Å². The van der Waals surface area contributed by atoms with Crippen LogP contribution in [0.4, 0.5) is 0 Å². The van der Waals surface area contributed by atoms with E-state index in [0.717, 1.165) is 30.4 Å². The van der Waals surface area contributed by atoms with Crippen molar-refractivity contribution >= 4 is 22.9 Å². The zero-order valence-electron chi connectivity index (χ0n) is 8.08. The molecule has 2 rings (SSSR count). The first-order valence-corrected chi connectivity index (χ1v) is 6.21. The lowest BCUT2D eigenvalue weighted by molar-refractivity contribution is 0.202. The third kappa shape index (κ3) is 2.48. The van der Waals surface area contributed by atoms with Crippen molar-refractivity contribution in [1.82, 2.24) is 4.90 Å². The molecule has 2 heterocycles. The molecule has 0 aromatic carbocycles. The Morgan fingerprint density at radius 2 is 2.50 bits per heavy atom. The molecule has 0 radical (unpaired) electrons. The molecular formula is C10H15ClN2S. The highest BCUT2D eigenvalue weighted by molar-refractivity contribution is 7.14. The molecule has 1 aromatic heterocycles. The summed E-state index contributed by atoms with van der Waals surface area (Å²) < 4.78 is 0.921. The van der Waals surface area contributed by atoms with E-state index < -0.39 is 0 Å². The van der Waals surface area contributed by atoms with Gasteiger partial charge in [0.15, 0.2) is 0 Å². The minimum Gasteiger partial charge on any atom is -0.327 e. The second-order valence-electron chi connectivity index (χ2n) is 3.86. The maximum absolute atomic E-state index is 6.06. The lowest BCUT2D eigenvalue weighted by atomic mass is 10.1. The summed E-state index contributed by atoms with van der Waals surface area (Å²) in [5.41, 5.74) is 7.16. The average Bonchev–Trinajstić information content (AvgIpc) is 2.52. The summed E-state index contributed by atoms with van der Waals surface area (Å²) in [6, 6.07) is 2.45. The van der Waals surface area contributed by atoms with E-state index in [1.54, 1.807) is 11.3 Å². The average molecular weight is 231 g/mol. The van der Waals surface area contributed by atoms with Gasteiger partial charge >= 0.3 is 0 Å². The van der Waals surface area contributed by atoms with Crippen molar-refractivity contribution in [3.63, 3.8) is 0 Å². The van der Waals surface area contributed by atoms with Gasteiger partial charge < -0.3 is 5.73 Å². The molecule has 0 bridgehead atoms. The minimum atomic E-state index is 0.348. The molecule has 78 valence electrons. The zero-order chi connectivity index (χ0) is 9.97. The highest BCUT2D eigenvalue weighted by Gasteiger charge is 2.17. The second-order valence-corrected chi connectivity index (χ2v) is 5.38.